The van der Waals surface area contributed by atoms with E-state index in [0.29, 0.717) is 12.5 Å². The van der Waals surface area contributed by atoms with Gasteiger partial charge in [-0.05, 0) is 44.7 Å². The Kier molecular flexibility index (Phi) is 6.27. The molecule has 4 N–H and O–H groups in total. The average Bonchev–Trinajstić information content (AvgIpc) is 2.55. The molecule has 6 nitrogen and oxygen atoms in total. The molecule has 0 radical (unpaired) electrons. The maximum atomic E-state index is 12.3. The predicted molar refractivity (Wildman–Crippen MR) is 86.2 cm³/mol. The molecule has 0 bridgehead atoms. The summed E-state index contributed by atoms with van der Waals surface area (Å²) < 4.78 is 0. The molecule has 1 aliphatic rings. The van der Waals surface area contributed by atoms with Crippen LogP contribution in [-0.4, -0.2) is 46.5 Å². The lowest BCUT2D eigenvalue weighted by atomic mass is 9.91. The number of piperidine rings is 1. The summed E-state index contributed by atoms with van der Waals surface area (Å²) in [5, 5.41) is 0. The van der Waals surface area contributed by atoms with Gasteiger partial charge in [0.25, 0.3) is 0 Å². The Morgan fingerprint density at radius 3 is 2.77 bits per heavy atom. The van der Waals surface area contributed by atoms with Gasteiger partial charge in [0.15, 0.2) is 0 Å². The molecule has 122 valence electrons. The third-order valence-corrected chi connectivity index (χ3v) is 4.42. The van der Waals surface area contributed by atoms with Gasteiger partial charge in [-0.1, -0.05) is 6.42 Å². The summed E-state index contributed by atoms with van der Waals surface area (Å²) in [4.78, 5) is 22.7. The highest BCUT2D eigenvalue weighted by molar-refractivity contribution is 5.81. The van der Waals surface area contributed by atoms with E-state index in [-0.39, 0.29) is 11.9 Å². The first-order chi connectivity index (χ1) is 10.6. The minimum atomic E-state index is -0.385. The summed E-state index contributed by atoms with van der Waals surface area (Å²) >= 11 is 0. The number of nitrogens with two attached hydrogens (primary N) is 2. The van der Waals surface area contributed by atoms with Gasteiger partial charge in [0.2, 0.25) is 5.91 Å². The van der Waals surface area contributed by atoms with Crippen LogP contribution in [0.5, 0.6) is 0 Å². The molecule has 0 aliphatic carbocycles. The number of carbonyl (C=O) groups excluding carboxylic acids is 1. The molecule has 6 heteroatoms. The van der Waals surface area contributed by atoms with Crippen LogP contribution in [0.2, 0.25) is 0 Å². The largest absolute Gasteiger partial charge is 0.341 e. The van der Waals surface area contributed by atoms with Gasteiger partial charge in [-0.15, -0.1) is 0 Å². The van der Waals surface area contributed by atoms with Crippen molar-refractivity contribution in [3.63, 3.8) is 0 Å². The molecule has 2 heterocycles. The molecular formula is C16H27N5O. The molecule has 0 spiro atoms. The second-order valence-electron chi connectivity index (χ2n) is 6.08. The molecule has 0 unspecified atom stereocenters. The van der Waals surface area contributed by atoms with E-state index in [0.717, 1.165) is 56.5 Å². The monoisotopic (exact) mass is 305 g/mol. The van der Waals surface area contributed by atoms with E-state index in [1.807, 2.05) is 18.0 Å². The Labute approximate surface area is 132 Å². The van der Waals surface area contributed by atoms with Crippen LogP contribution in [0.3, 0.4) is 0 Å². The molecule has 0 saturated carbocycles. The summed E-state index contributed by atoms with van der Waals surface area (Å²) in [5.41, 5.74) is 13.7. The summed E-state index contributed by atoms with van der Waals surface area (Å²) in [5.74, 6) is 0.496. The SMILES string of the molecule is Cc1cncnc1C1CCN(C(=O)[C@@H](N)CCCCN)CC1. The molecule has 2 rings (SSSR count). The lowest BCUT2D eigenvalue weighted by Gasteiger charge is -2.33. The molecule has 22 heavy (non-hydrogen) atoms. The fraction of sp³-hybridized carbons (Fsp3) is 0.688. The zero-order valence-corrected chi connectivity index (χ0v) is 13.4. The third-order valence-electron chi connectivity index (χ3n) is 4.42. The van der Waals surface area contributed by atoms with Crippen LogP contribution in [0.15, 0.2) is 12.5 Å². The van der Waals surface area contributed by atoms with E-state index in [4.69, 9.17) is 11.5 Å². The van der Waals surface area contributed by atoms with Crippen molar-refractivity contribution < 1.29 is 4.79 Å². The standard InChI is InChI=1S/C16H27N5O/c1-12-10-19-11-20-15(12)13-5-8-21(9-6-13)16(22)14(18)4-2-3-7-17/h10-11,13-14H,2-9,17-18H2,1H3/t14-/m0/s1. The molecule has 1 aromatic heterocycles. The first kappa shape index (κ1) is 16.8. The number of nitrogens with zero attached hydrogens (tertiary/aromatic N) is 3. The van der Waals surface area contributed by atoms with Gasteiger partial charge in [-0.2, -0.15) is 0 Å². The summed E-state index contributed by atoms with van der Waals surface area (Å²) in [6.45, 7) is 4.22. The highest BCUT2D eigenvalue weighted by atomic mass is 16.2. The number of rotatable bonds is 6. The van der Waals surface area contributed by atoms with E-state index in [2.05, 4.69) is 9.97 Å². The van der Waals surface area contributed by atoms with Gasteiger partial charge in [-0.25, -0.2) is 9.97 Å². The van der Waals surface area contributed by atoms with E-state index >= 15 is 0 Å². The van der Waals surface area contributed by atoms with E-state index in [1.165, 1.54) is 0 Å². The summed E-state index contributed by atoms with van der Waals surface area (Å²) in [6.07, 6.45) is 7.91. The lowest BCUT2D eigenvalue weighted by molar-refractivity contribution is -0.133. The van der Waals surface area contributed by atoms with Crippen molar-refractivity contribution in [3.8, 4) is 0 Å². The van der Waals surface area contributed by atoms with Crippen LogP contribution in [0.1, 0.15) is 49.3 Å². The number of likely N-dealkylation sites (tertiary alicyclic amines) is 1. The van der Waals surface area contributed by atoms with E-state index < -0.39 is 0 Å². The number of unbranched alkanes of at least 4 members (excludes halogenated alkanes) is 1. The van der Waals surface area contributed by atoms with Crippen molar-refractivity contribution in [3.05, 3.63) is 23.8 Å². The second kappa shape index (κ2) is 8.19. The quantitative estimate of drug-likeness (QED) is 0.762. The van der Waals surface area contributed by atoms with Crippen LogP contribution in [0, 0.1) is 6.92 Å². The van der Waals surface area contributed by atoms with Gasteiger partial charge in [-0.3, -0.25) is 4.79 Å². The van der Waals surface area contributed by atoms with Gasteiger partial charge in [0.05, 0.1) is 6.04 Å². The van der Waals surface area contributed by atoms with Crippen LogP contribution in [0.25, 0.3) is 0 Å². The first-order valence-electron chi connectivity index (χ1n) is 8.14. The number of aryl methyl sites for hydroxylation is 1. The van der Waals surface area contributed by atoms with Crippen LogP contribution >= 0.6 is 0 Å². The second-order valence-corrected chi connectivity index (χ2v) is 6.08. The number of amides is 1. The van der Waals surface area contributed by atoms with Crippen LogP contribution in [-0.2, 0) is 4.79 Å². The van der Waals surface area contributed by atoms with Crippen molar-refractivity contribution in [2.75, 3.05) is 19.6 Å². The Morgan fingerprint density at radius 1 is 1.41 bits per heavy atom. The minimum absolute atomic E-state index is 0.0786. The predicted octanol–water partition coefficient (Wildman–Crippen LogP) is 0.947. The Hall–Kier alpha value is -1.53. The first-order valence-corrected chi connectivity index (χ1v) is 8.14. The highest BCUT2D eigenvalue weighted by Crippen LogP contribution is 2.28. The molecular weight excluding hydrogens is 278 g/mol. The average molecular weight is 305 g/mol. The number of aromatic nitrogens is 2. The highest BCUT2D eigenvalue weighted by Gasteiger charge is 2.27. The molecule has 1 fully saturated rings. The lowest BCUT2D eigenvalue weighted by Crippen LogP contribution is -2.47. The Balaban J connectivity index is 1.84. The maximum Gasteiger partial charge on any atom is 0.239 e. The van der Waals surface area contributed by atoms with Crippen molar-refractivity contribution in [1.29, 1.82) is 0 Å². The Morgan fingerprint density at radius 2 is 2.14 bits per heavy atom. The van der Waals surface area contributed by atoms with Crippen molar-refractivity contribution >= 4 is 5.91 Å². The molecule has 1 atom stereocenters. The van der Waals surface area contributed by atoms with Crippen LogP contribution < -0.4 is 11.5 Å². The number of hydrogen-bond donors (Lipinski definition) is 2. The molecule has 1 amide bonds. The molecule has 1 saturated heterocycles. The topological polar surface area (TPSA) is 98.1 Å². The zero-order chi connectivity index (χ0) is 15.9. The maximum absolute atomic E-state index is 12.3. The zero-order valence-electron chi connectivity index (χ0n) is 13.4. The van der Waals surface area contributed by atoms with E-state index in [9.17, 15) is 4.79 Å². The van der Waals surface area contributed by atoms with Gasteiger partial charge in [0, 0.05) is 30.9 Å². The van der Waals surface area contributed by atoms with Crippen molar-refractivity contribution in [2.45, 2.75) is 51.0 Å². The molecule has 1 aliphatic heterocycles. The fourth-order valence-corrected chi connectivity index (χ4v) is 3.08. The smallest absolute Gasteiger partial charge is 0.239 e. The van der Waals surface area contributed by atoms with Crippen LogP contribution in [0.4, 0.5) is 0 Å². The Bertz CT molecular complexity index is 485. The number of hydrogen-bond acceptors (Lipinski definition) is 5. The number of carbonyl (C=O) groups is 1. The molecule has 1 aromatic rings. The third kappa shape index (κ3) is 4.24. The minimum Gasteiger partial charge on any atom is -0.341 e. The summed E-state index contributed by atoms with van der Waals surface area (Å²) in [6, 6.07) is -0.385. The van der Waals surface area contributed by atoms with Gasteiger partial charge < -0.3 is 16.4 Å². The van der Waals surface area contributed by atoms with E-state index in [1.54, 1.807) is 6.33 Å². The normalized spacial score (nSPS) is 17.5. The van der Waals surface area contributed by atoms with Crippen molar-refractivity contribution in [2.24, 2.45) is 11.5 Å². The summed E-state index contributed by atoms with van der Waals surface area (Å²) in [7, 11) is 0. The van der Waals surface area contributed by atoms with Gasteiger partial charge >= 0.3 is 0 Å². The van der Waals surface area contributed by atoms with Gasteiger partial charge in [0.1, 0.15) is 6.33 Å². The fourth-order valence-electron chi connectivity index (χ4n) is 3.08. The molecule has 0 aromatic carbocycles. The van der Waals surface area contributed by atoms with Crippen molar-refractivity contribution in [1.82, 2.24) is 14.9 Å².